The number of rotatable bonds is 2. The molecule has 1 unspecified atom stereocenters. The molecule has 2 fully saturated rings. The molecule has 0 aromatic rings. The summed E-state index contributed by atoms with van der Waals surface area (Å²) in [6.45, 7) is 7.96. The van der Waals surface area contributed by atoms with Crippen molar-refractivity contribution < 1.29 is 36.2 Å². The summed E-state index contributed by atoms with van der Waals surface area (Å²) in [4.78, 5) is 24.7. The van der Waals surface area contributed by atoms with Gasteiger partial charge in [-0.2, -0.15) is 0 Å². The van der Waals surface area contributed by atoms with E-state index in [1.54, 1.807) is 26.0 Å². The van der Waals surface area contributed by atoms with Crippen molar-refractivity contribution in [3.8, 4) is 0 Å². The van der Waals surface area contributed by atoms with Gasteiger partial charge in [0.2, 0.25) is 0 Å². The number of carbonyl (C=O) groups is 2. The zero-order valence-electron chi connectivity index (χ0n) is 17.5. The highest BCUT2D eigenvalue weighted by atomic mass is 16.6. The lowest BCUT2D eigenvalue weighted by Gasteiger charge is -2.52. The van der Waals surface area contributed by atoms with E-state index in [1.165, 1.54) is 6.92 Å². The smallest absolute Gasteiger partial charge is 0.303 e. The number of hydrogen-bond acceptors (Lipinski definition) is 7. The van der Waals surface area contributed by atoms with Gasteiger partial charge in [-0.3, -0.25) is 9.59 Å². The molecule has 0 aromatic heterocycles. The van der Waals surface area contributed by atoms with Crippen LogP contribution in [0.5, 0.6) is 0 Å². The molecule has 0 radical (unpaired) electrons. The van der Waals surface area contributed by atoms with E-state index in [1.807, 2.05) is 13.8 Å². The lowest BCUT2D eigenvalue weighted by Crippen LogP contribution is -2.65. The molecule has 162 valence electrons. The largest absolute Gasteiger partial charge is 0.456 e. The van der Waals surface area contributed by atoms with E-state index in [0.29, 0.717) is 11.1 Å². The quantitative estimate of drug-likeness (QED) is 0.392. The van der Waals surface area contributed by atoms with Crippen LogP contribution in [-0.2, 0) is 14.3 Å². The minimum Gasteiger partial charge on any atom is -0.456 e. The van der Waals surface area contributed by atoms with Crippen LogP contribution < -0.4 is 0 Å². The van der Waals surface area contributed by atoms with Gasteiger partial charge in [0, 0.05) is 43.9 Å². The molecule has 0 aliphatic heterocycles. The lowest BCUT2D eigenvalue weighted by atomic mass is 9.59. The molecule has 8 atom stereocenters. The zero-order valence-corrected chi connectivity index (χ0v) is 17.5. The Morgan fingerprint density at radius 1 is 1.31 bits per heavy atom. The van der Waals surface area contributed by atoms with Gasteiger partial charge in [-0.25, -0.2) is 0 Å². The second-order valence-electron chi connectivity index (χ2n) is 9.97. The third kappa shape index (κ3) is 2.17. The Bertz CT molecular complexity index is 864. The van der Waals surface area contributed by atoms with E-state index < -0.39 is 63.7 Å². The summed E-state index contributed by atoms with van der Waals surface area (Å²) < 4.78 is 5.70. The van der Waals surface area contributed by atoms with Crippen molar-refractivity contribution in [3.05, 3.63) is 23.3 Å². The van der Waals surface area contributed by atoms with Crippen molar-refractivity contribution in [2.45, 2.75) is 63.9 Å². The maximum atomic E-state index is 12.8. The number of fused-ring (bicyclic) bond motifs is 5. The van der Waals surface area contributed by atoms with Gasteiger partial charge in [-0.15, -0.1) is 0 Å². The molecule has 0 amide bonds. The Hall–Kier alpha value is -1.54. The van der Waals surface area contributed by atoms with Crippen LogP contribution in [0.4, 0.5) is 0 Å². The minimum absolute atomic E-state index is 0. The number of esters is 1. The predicted molar refractivity (Wildman–Crippen MR) is 104 cm³/mol. The highest BCUT2D eigenvalue weighted by Gasteiger charge is 2.86. The van der Waals surface area contributed by atoms with Crippen molar-refractivity contribution in [2.75, 3.05) is 6.61 Å². The van der Waals surface area contributed by atoms with Gasteiger partial charge in [-0.1, -0.05) is 32.9 Å². The van der Waals surface area contributed by atoms with Crippen molar-refractivity contribution in [1.82, 2.24) is 0 Å². The number of ketones is 1. The van der Waals surface area contributed by atoms with Gasteiger partial charge in [0.25, 0.3) is 0 Å². The second kappa shape index (κ2) is 5.78. The number of aliphatic hydroxyl groups excluding tert-OH is 2. The minimum atomic E-state index is -1.88. The van der Waals surface area contributed by atoms with Crippen molar-refractivity contribution in [1.29, 1.82) is 0 Å². The van der Waals surface area contributed by atoms with E-state index in [9.17, 15) is 30.0 Å². The maximum absolute atomic E-state index is 12.8. The first-order valence-electron chi connectivity index (χ1n) is 10.2. The second-order valence-corrected chi connectivity index (χ2v) is 9.97. The maximum Gasteiger partial charge on any atom is 0.303 e. The summed E-state index contributed by atoms with van der Waals surface area (Å²) in [5.41, 5.74) is -4.52. The molecule has 4 N–H and O–H groups in total. The molecule has 0 bridgehead atoms. The summed E-state index contributed by atoms with van der Waals surface area (Å²) in [5, 5.41) is 44.7. The molecule has 0 spiro atoms. The molecular formula is C22H32O7. The molecule has 0 heterocycles. The summed E-state index contributed by atoms with van der Waals surface area (Å²) in [6.07, 6.45) is 2.06. The Morgan fingerprint density at radius 3 is 2.48 bits per heavy atom. The molecule has 0 saturated heterocycles. The van der Waals surface area contributed by atoms with E-state index >= 15 is 0 Å². The molecular weight excluding hydrogens is 376 g/mol. The van der Waals surface area contributed by atoms with Gasteiger partial charge in [0.05, 0.1) is 18.3 Å². The van der Waals surface area contributed by atoms with Crippen molar-refractivity contribution in [2.24, 2.45) is 29.1 Å². The Morgan fingerprint density at radius 2 is 1.93 bits per heavy atom. The van der Waals surface area contributed by atoms with Crippen molar-refractivity contribution in [3.63, 3.8) is 0 Å². The first-order chi connectivity index (χ1) is 13.3. The highest BCUT2D eigenvalue weighted by Crippen LogP contribution is 2.76. The van der Waals surface area contributed by atoms with E-state index in [0.717, 1.165) is 0 Å². The molecule has 7 heteroatoms. The zero-order chi connectivity index (χ0) is 21.7. The van der Waals surface area contributed by atoms with Crippen LogP contribution in [0.1, 0.15) is 42.5 Å². The first kappa shape index (κ1) is 20.7. The fraction of sp³-hybridized carbons (Fsp3) is 0.727. The third-order valence-corrected chi connectivity index (χ3v) is 8.31. The molecule has 4 aliphatic carbocycles. The van der Waals surface area contributed by atoms with E-state index in [4.69, 9.17) is 4.74 Å². The third-order valence-electron chi connectivity index (χ3n) is 8.31. The Kier molecular flexibility index (Phi) is 4.13. The number of hydrogen-bond donors (Lipinski definition) is 4. The lowest BCUT2D eigenvalue weighted by molar-refractivity contribution is -0.218. The van der Waals surface area contributed by atoms with Crippen LogP contribution in [-0.4, -0.2) is 61.7 Å². The molecule has 7 nitrogen and oxygen atoms in total. The Balaban J connectivity index is 0.00000256. The summed E-state index contributed by atoms with van der Waals surface area (Å²) in [6, 6.07) is 0. The highest BCUT2D eigenvalue weighted by molar-refractivity contribution is 6.04. The van der Waals surface area contributed by atoms with Crippen LogP contribution >= 0.6 is 0 Å². The van der Waals surface area contributed by atoms with Gasteiger partial charge in [0.15, 0.2) is 5.78 Å². The monoisotopic (exact) mass is 408 g/mol. The summed E-state index contributed by atoms with van der Waals surface area (Å²) in [7, 11) is 0. The first-order valence-corrected chi connectivity index (χ1v) is 10.2. The van der Waals surface area contributed by atoms with Crippen LogP contribution in [0.2, 0.25) is 0 Å². The van der Waals surface area contributed by atoms with Crippen molar-refractivity contribution >= 4 is 11.8 Å². The van der Waals surface area contributed by atoms with Gasteiger partial charge in [-0.05, 0) is 18.1 Å². The van der Waals surface area contributed by atoms with Gasteiger partial charge in [0.1, 0.15) is 11.2 Å². The molecule has 2 saturated carbocycles. The predicted octanol–water partition coefficient (Wildman–Crippen LogP) is 0.747. The fourth-order valence-corrected chi connectivity index (χ4v) is 6.91. The van der Waals surface area contributed by atoms with Crippen LogP contribution in [0.3, 0.4) is 0 Å². The standard InChI is InChI=1S/C22H30O7.H2/c1-10-6-15-20(27,17(10)25)8-13(9-23)7-14-16-19(4,5)22(16,29-12(3)24)18(26)11(2)21(14,15)28;/h6-7,11,14-16,18,23,26-28H,8-9H2,1-5H3;1H/t11-,14+,15?,16-,18-,20-,21-,22-;/m1./s1. The average molecular weight is 408 g/mol. The summed E-state index contributed by atoms with van der Waals surface area (Å²) >= 11 is 0. The van der Waals surface area contributed by atoms with E-state index in [-0.39, 0.29) is 14.5 Å². The van der Waals surface area contributed by atoms with Gasteiger partial charge >= 0.3 is 5.97 Å². The molecule has 0 aromatic carbocycles. The normalized spacial score (nSPS) is 49.8. The number of Topliss-reactive ketones (excluding diaryl/α,β-unsaturated/α-hetero) is 1. The summed E-state index contributed by atoms with van der Waals surface area (Å²) in [5.74, 6) is -3.77. The van der Waals surface area contributed by atoms with Gasteiger partial charge < -0.3 is 25.2 Å². The van der Waals surface area contributed by atoms with Crippen LogP contribution in [0.15, 0.2) is 23.3 Å². The number of carbonyl (C=O) groups excluding carboxylic acids is 2. The average Bonchev–Trinajstić information content (AvgIpc) is 3.06. The fourth-order valence-electron chi connectivity index (χ4n) is 6.91. The SMILES string of the molecule is CC(=O)O[C@@]12[C@H](O)[C@@H](C)[C@]3(O)C4C=C(C)C(=O)[C@@]4(O)CC(CO)=C[C@H]3[C@@H]1C2(C)C.[HH]. The Labute approximate surface area is 171 Å². The molecule has 4 rings (SSSR count). The molecule has 29 heavy (non-hydrogen) atoms. The molecule has 4 aliphatic rings. The number of aliphatic hydroxyl groups is 4. The van der Waals surface area contributed by atoms with E-state index in [2.05, 4.69) is 0 Å². The topological polar surface area (TPSA) is 124 Å². The van der Waals surface area contributed by atoms with Crippen LogP contribution in [0.25, 0.3) is 0 Å². The van der Waals surface area contributed by atoms with Crippen LogP contribution in [0, 0.1) is 29.1 Å². The number of ether oxygens (including phenoxy) is 1.